The first-order valence-corrected chi connectivity index (χ1v) is 8.66. The first-order chi connectivity index (χ1) is 12.0. The van der Waals surface area contributed by atoms with E-state index in [1.807, 2.05) is 61.5 Å². The Morgan fingerprint density at radius 1 is 1.04 bits per heavy atom. The predicted molar refractivity (Wildman–Crippen MR) is 101 cm³/mol. The third kappa shape index (κ3) is 6.00. The molecule has 2 atom stereocenters. The largest absolute Gasteiger partial charge is 0.345 e. The van der Waals surface area contributed by atoms with Crippen molar-refractivity contribution in [3.05, 3.63) is 70.7 Å². The number of Topliss-reactive ketones (excluding diaryl/α,β-unsaturated/α-hetero) is 1. The number of benzene rings is 2. The highest BCUT2D eigenvalue weighted by Crippen LogP contribution is 2.21. The van der Waals surface area contributed by atoms with E-state index in [1.54, 1.807) is 0 Å². The van der Waals surface area contributed by atoms with Gasteiger partial charge < -0.3 is 10.6 Å². The molecule has 0 aliphatic carbocycles. The number of halogens is 1. The topological polar surface area (TPSA) is 58.2 Å². The maximum Gasteiger partial charge on any atom is 0.234 e. The molecule has 0 aliphatic heterocycles. The van der Waals surface area contributed by atoms with Crippen LogP contribution >= 0.6 is 11.6 Å². The Kier molecular flexibility index (Phi) is 7.16. The molecule has 0 saturated carbocycles. The minimum atomic E-state index is -0.521. The summed E-state index contributed by atoms with van der Waals surface area (Å²) >= 11 is 6.17. The minimum absolute atomic E-state index is 0.0589. The van der Waals surface area contributed by atoms with Gasteiger partial charge in [-0.2, -0.15) is 0 Å². The molecular formula is C20H23ClN2O2. The van der Waals surface area contributed by atoms with Gasteiger partial charge in [0.15, 0.2) is 5.78 Å². The number of carbonyl (C=O) groups is 2. The quantitative estimate of drug-likeness (QED) is 0.761. The molecule has 2 aromatic rings. The van der Waals surface area contributed by atoms with Crippen molar-refractivity contribution in [2.45, 2.75) is 32.4 Å². The maximum absolute atomic E-state index is 12.2. The number of rotatable bonds is 8. The monoisotopic (exact) mass is 358 g/mol. The SMILES string of the molecule is CC(=O)[C@@H](Cc1ccccc1)NC(=O)CN[C@H](C)c1ccccc1Cl. The van der Waals surface area contributed by atoms with E-state index < -0.39 is 6.04 Å². The van der Waals surface area contributed by atoms with Gasteiger partial charge in [0.2, 0.25) is 5.91 Å². The second kappa shape index (κ2) is 9.35. The van der Waals surface area contributed by atoms with Crippen molar-refractivity contribution in [1.29, 1.82) is 0 Å². The Balaban J connectivity index is 1.89. The molecule has 132 valence electrons. The number of carbonyl (C=O) groups excluding carboxylic acids is 2. The fourth-order valence-electron chi connectivity index (χ4n) is 2.57. The zero-order chi connectivity index (χ0) is 18.2. The van der Waals surface area contributed by atoms with Gasteiger partial charge in [0, 0.05) is 11.1 Å². The standard InChI is InChI=1S/C20H23ClN2O2/c1-14(17-10-6-7-11-18(17)21)22-13-20(25)23-19(15(2)24)12-16-8-4-3-5-9-16/h3-11,14,19,22H,12-13H2,1-2H3,(H,23,25)/t14-,19-/m1/s1. The molecule has 5 heteroatoms. The third-order valence-corrected chi connectivity index (χ3v) is 4.39. The maximum atomic E-state index is 12.2. The fourth-order valence-corrected chi connectivity index (χ4v) is 2.87. The molecule has 0 aliphatic rings. The Bertz CT molecular complexity index is 719. The van der Waals surface area contributed by atoms with E-state index in [4.69, 9.17) is 11.6 Å². The van der Waals surface area contributed by atoms with Crippen LogP contribution in [0.2, 0.25) is 5.02 Å². The first-order valence-electron chi connectivity index (χ1n) is 8.29. The Morgan fingerprint density at radius 2 is 1.68 bits per heavy atom. The van der Waals surface area contributed by atoms with Gasteiger partial charge in [-0.05, 0) is 37.5 Å². The molecule has 0 spiro atoms. The van der Waals surface area contributed by atoms with Gasteiger partial charge in [0.05, 0.1) is 12.6 Å². The van der Waals surface area contributed by atoms with Crippen LogP contribution in [0.15, 0.2) is 54.6 Å². The molecule has 1 amide bonds. The third-order valence-electron chi connectivity index (χ3n) is 4.05. The van der Waals surface area contributed by atoms with Crippen molar-refractivity contribution in [3.63, 3.8) is 0 Å². The molecule has 0 unspecified atom stereocenters. The molecule has 4 nitrogen and oxygen atoms in total. The molecule has 0 aromatic heterocycles. The summed E-state index contributed by atoms with van der Waals surface area (Å²) in [6.07, 6.45) is 0.488. The summed E-state index contributed by atoms with van der Waals surface area (Å²) in [7, 11) is 0. The second-order valence-electron chi connectivity index (χ2n) is 6.04. The van der Waals surface area contributed by atoms with Gasteiger partial charge in [-0.3, -0.25) is 9.59 Å². The van der Waals surface area contributed by atoms with Crippen molar-refractivity contribution >= 4 is 23.3 Å². The molecule has 2 aromatic carbocycles. The fraction of sp³-hybridized carbons (Fsp3) is 0.300. The molecule has 25 heavy (non-hydrogen) atoms. The van der Waals surface area contributed by atoms with Crippen LogP contribution in [0.3, 0.4) is 0 Å². The lowest BCUT2D eigenvalue weighted by molar-refractivity contribution is -0.126. The predicted octanol–water partition coefficient (Wildman–Crippen LogP) is 3.31. The van der Waals surface area contributed by atoms with Gasteiger partial charge in [-0.25, -0.2) is 0 Å². The normalized spacial score (nSPS) is 13.1. The molecule has 2 N–H and O–H groups in total. The number of hydrogen-bond donors (Lipinski definition) is 2. The lowest BCUT2D eigenvalue weighted by Crippen LogP contribution is -2.45. The zero-order valence-corrected chi connectivity index (χ0v) is 15.2. The van der Waals surface area contributed by atoms with Crippen LogP contribution in [-0.2, 0) is 16.0 Å². The smallest absolute Gasteiger partial charge is 0.234 e. The van der Waals surface area contributed by atoms with E-state index in [-0.39, 0.29) is 24.3 Å². The number of amides is 1. The van der Waals surface area contributed by atoms with Crippen LogP contribution in [0, 0.1) is 0 Å². The van der Waals surface area contributed by atoms with Gasteiger partial charge in [0.25, 0.3) is 0 Å². The Morgan fingerprint density at radius 3 is 2.32 bits per heavy atom. The Hall–Kier alpha value is -2.17. The summed E-state index contributed by atoms with van der Waals surface area (Å²) < 4.78 is 0. The summed E-state index contributed by atoms with van der Waals surface area (Å²) in [5.74, 6) is -0.272. The number of nitrogens with one attached hydrogen (secondary N) is 2. The van der Waals surface area contributed by atoms with Crippen molar-refractivity contribution in [1.82, 2.24) is 10.6 Å². The van der Waals surface area contributed by atoms with Crippen molar-refractivity contribution in [2.24, 2.45) is 0 Å². The summed E-state index contributed by atoms with van der Waals surface area (Å²) in [6, 6.07) is 16.6. The lowest BCUT2D eigenvalue weighted by atomic mass is 10.0. The molecular weight excluding hydrogens is 336 g/mol. The highest BCUT2D eigenvalue weighted by atomic mass is 35.5. The minimum Gasteiger partial charge on any atom is -0.345 e. The highest BCUT2D eigenvalue weighted by molar-refractivity contribution is 6.31. The number of ketones is 1. The van der Waals surface area contributed by atoms with Crippen LogP contribution in [0.1, 0.15) is 31.0 Å². The van der Waals surface area contributed by atoms with Gasteiger partial charge in [-0.15, -0.1) is 0 Å². The average Bonchev–Trinajstić information content (AvgIpc) is 2.60. The lowest BCUT2D eigenvalue weighted by Gasteiger charge is -2.19. The van der Waals surface area contributed by atoms with E-state index >= 15 is 0 Å². The molecule has 2 rings (SSSR count). The van der Waals surface area contributed by atoms with Gasteiger partial charge in [0.1, 0.15) is 0 Å². The van der Waals surface area contributed by atoms with E-state index in [9.17, 15) is 9.59 Å². The summed E-state index contributed by atoms with van der Waals surface area (Å²) in [5, 5.41) is 6.60. The van der Waals surface area contributed by atoms with E-state index in [1.165, 1.54) is 6.92 Å². The summed E-state index contributed by atoms with van der Waals surface area (Å²) in [5.41, 5.74) is 1.95. The van der Waals surface area contributed by atoms with Gasteiger partial charge in [-0.1, -0.05) is 60.1 Å². The van der Waals surface area contributed by atoms with Crippen LogP contribution < -0.4 is 10.6 Å². The zero-order valence-electron chi connectivity index (χ0n) is 14.5. The van der Waals surface area contributed by atoms with Crippen molar-refractivity contribution < 1.29 is 9.59 Å². The molecule has 0 fully saturated rings. The van der Waals surface area contributed by atoms with Crippen LogP contribution in [0.25, 0.3) is 0 Å². The van der Waals surface area contributed by atoms with Crippen LogP contribution in [0.5, 0.6) is 0 Å². The Labute approximate surface area is 153 Å². The average molecular weight is 359 g/mol. The van der Waals surface area contributed by atoms with E-state index in [0.717, 1.165) is 11.1 Å². The summed E-state index contributed by atoms with van der Waals surface area (Å²) in [6.45, 7) is 3.56. The van der Waals surface area contributed by atoms with E-state index in [2.05, 4.69) is 10.6 Å². The van der Waals surface area contributed by atoms with Crippen molar-refractivity contribution in [3.8, 4) is 0 Å². The van der Waals surface area contributed by atoms with Gasteiger partial charge >= 0.3 is 0 Å². The highest BCUT2D eigenvalue weighted by Gasteiger charge is 2.18. The molecule has 0 saturated heterocycles. The second-order valence-corrected chi connectivity index (χ2v) is 6.45. The van der Waals surface area contributed by atoms with Crippen LogP contribution in [-0.4, -0.2) is 24.3 Å². The first kappa shape index (κ1) is 19.2. The van der Waals surface area contributed by atoms with E-state index in [0.29, 0.717) is 11.4 Å². The van der Waals surface area contributed by atoms with Crippen molar-refractivity contribution in [2.75, 3.05) is 6.54 Å². The molecule has 0 radical (unpaired) electrons. The van der Waals surface area contributed by atoms with Crippen LogP contribution in [0.4, 0.5) is 0 Å². The number of hydrogen-bond acceptors (Lipinski definition) is 3. The molecule has 0 bridgehead atoms. The summed E-state index contributed by atoms with van der Waals surface area (Å²) in [4.78, 5) is 24.0. The molecule has 0 heterocycles.